The van der Waals surface area contributed by atoms with Gasteiger partial charge in [-0.1, -0.05) is 6.58 Å². The average molecular weight is 207 g/mol. The van der Waals surface area contributed by atoms with Crippen LogP contribution in [-0.2, 0) is 0 Å². The van der Waals surface area contributed by atoms with Crippen LogP contribution < -0.4 is 9.47 Å². The van der Waals surface area contributed by atoms with E-state index in [1.807, 2.05) is 0 Å². The Kier molecular flexibility index (Phi) is 2.29. The summed E-state index contributed by atoms with van der Waals surface area (Å²) in [7, 11) is 0. The van der Waals surface area contributed by atoms with Gasteiger partial charge in [0.1, 0.15) is 13.2 Å². The second kappa shape index (κ2) is 3.61. The molecule has 1 aromatic rings. The highest BCUT2D eigenvalue weighted by Gasteiger charge is 2.16. The Hall–Kier alpha value is -2.04. The minimum absolute atomic E-state index is 0.00939. The summed E-state index contributed by atoms with van der Waals surface area (Å²) in [4.78, 5) is 10.1. The number of rotatable bonds is 1. The fourth-order valence-corrected chi connectivity index (χ4v) is 1.24. The molecule has 0 aromatic heterocycles. The van der Waals surface area contributed by atoms with Gasteiger partial charge in [-0.3, -0.25) is 10.1 Å². The Morgan fingerprint density at radius 3 is 2.60 bits per heavy atom. The van der Waals surface area contributed by atoms with Crippen molar-refractivity contribution in [2.24, 2.45) is 0 Å². The third kappa shape index (κ3) is 1.90. The van der Waals surface area contributed by atoms with Crippen LogP contribution in [0, 0.1) is 10.1 Å². The highest BCUT2D eigenvalue weighted by molar-refractivity contribution is 5.49. The van der Waals surface area contributed by atoms with E-state index in [9.17, 15) is 10.1 Å². The van der Waals surface area contributed by atoms with Crippen LogP contribution in [0.15, 0.2) is 30.4 Å². The second-order valence-corrected chi connectivity index (χ2v) is 3.22. The lowest BCUT2D eigenvalue weighted by molar-refractivity contribution is -0.384. The quantitative estimate of drug-likeness (QED) is 0.401. The average Bonchev–Trinajstić information content (AvgIpc) is 2.40. The summed E-state index contributed by atoms with van der Waals surface area (Å²) in [6.45, 7) is 4.44. The van der Waals surface area contributed by atoms with Gasteiger partial charge in [0.2, 0.25) is 0 Å². The first-order valence-electron chi connectivity index (χ1n) is 4.37. The molecule has 0 N–H and O–H groups in total. The number of hydrogen-bond donors (Lipinski definition) is 0. The van der Waals surface area contributed by atoms with E-state index in [1.54, 1.807) is 0 Å². The predicted molar refractivity (Wildman–Crippen MR) is 53.2 cm³/mol. The molecule has 15 heavy (non-hydrogen) atoms. The lowest BCUT2D eigenvalue weighted by Gasteiger charge is -2.05. The summed E-state index contributed by atoms with van der Waals surface area (Å²) in [6.07, 6.45) is 0. The molecule has 0 amide bonds. The SMILES string of the molecule is C=C1COc2ccc([N+](=O)[O-])cc2OC1. The standard InChI is InChI=1S/C10H9NO4/c1-7-5-14-9-3-2-8(11(12)13)4-10(9)15-6-7/h2-4H,1,5-6H2. The normalized spacial score (nSPS) is 14.5. The van der Waals surface area contributed by atoms with Crippen LogP contribution >= 0.6 is 0 Å². The van der Waals surface area contributed by atoms with Crippen molar-refractivity contribution in [3.05, 3.63) is 40.5 Å². The van der Waals surface area contributed by atoms with Gasteiger partial charge in [-0.15, -0.1) is 0 Å². The highest BCUT2D eigenvalue weighted by Crippen LogP contribution is 2.33. The predicted octanol–water partition coefficient (Wildman–Crippen LogP) is 1.92. The number of nitrogens with zero attached hydrogens (tertiary/aromatic N) is 1. The summed E-state index contributed by atoms with van der Waals surface area (Å²) in [5.41, 5.74) is 0.790. The summed E-state index contributed by atoms with van der Waals surface area (Å²) >= 11 is 0. The van der Waals surface area contributed by atoms with Gasteiger partial charge in [0, 0.05) is 6.07 Å². The van der Waals surface area contributed by atoms with Crippen LogP contribution in [0.1, 0.15) is 0 Å². The Labute approximate surface area is 86.1 Å². The van der Waals surface area contributed by atoms with Gasteiger partial charge in [-0.2, -0.15) is 0 Å². The van der Waals surface area contributed by atoms with Crippen molar-refractivity contribution in [3.8, 4) is 11.5 Å². The van der Waals surface area contributed by atoms with Crippen molar-refractivity contribution >= 4 is 5.69 Å². The first-order chi connectivity index (χ1) is 7.16. The van der Waals surface area contributed by atoms with E-state index in [0.29, 0.717) is 24.7 Å². The Morgan fingerprint density at radius 2 is 1.93 bits per heavy atom. The molecule has 0 fully saturated rings. The van der Waals surface area contributed by atoms with Crippen molar-refractivity contribution < 1.29 is 14.4 Å². The van der Waals surface area contributed by atoms with Crippen LogP contribution in [0.4, 0.5) is 5.69 Å². The van der Waals surface area contributed by atoms with Crippen molar-refractivity contribution in [1.82, 2.24) is 0 Å². The number of hydrogen-bond acceptors (Lipinski definition) is 4. The zero-order valence-electron chi connectivity index (χ0n) is 7.93. The topological polar surface area (TPSA) is 61.6 Å². The van der Waals surface area contributed by atoms with Gasteiger partial charge < -0.3 is 9.47 Å². The Balaban J connectivity index is 2.36. The fraction of sp³-hybridized carbons (Fsp3) is 0.200. The van der Waals surface area contributed by atoms with Crippen LogP contribution in [0.2, 0.25) is 0 Å². The Bertz CT molecular complexity index is 427. The molecule has 0 saturated heterocycles. The number of nitro groups is 1. The minimum atomic E-state index is -0.469. The maximum atomic E-state index is 10.5. The van der Waals surface area contributed by atoms with Gasteiger partial charge in [-0.25, -0.2) is 0 Å². The maximum absolute atomic E-state index is 10.5. The molecule has 0 atom stereocenters. The van der Waals surface area contributed by atoms with E-state index in [0.717, 1.165) is 5.57 Å². The molecular weight excluding hydrogens is 198 g/mol. The van der Waals surface area contributed by atoms with Gasteiger partial charge in [0.25, 0.3) is 5.69 Å². The molecule has 1 heterocycles. The van der Waals surface area contributed by atoms with Gasteiger partial charge in [-0.05, 0) is 11.6 Å². The summed E-state index contributed by atoms with van der Waals surface area (Å²) in [5.74, 6) is 0.905. The van der Waals surface area contributed by atoms with Crippen molar-refractivity contribution in [3.63, 3.8) is 0 Å². The molecular formula is C10H9NO4. The van der Waals surface area contributed by atoms with E-state index < -0.39 is 4.92 Å². The molecule has 0 saturated carbocycles. The van der Waals surface area contributed by atoms with E-state index in [4.69, 9.17) is 9.47 Å². The van der Waals surface area contributed by atoms with Gasteiger partial charge >= 0.3 is 0 Å². The third-order valence-corrected chi connectivity index (χ3v) is 2.00. The molecule has 0 bridgehead atoms. The molecule has 5 nitrogen and oxygen atoms in total. The van der Waals surface area contributed by atoms with Gasteiger partial charge in [0.15, 0.2) is 11.5 Å². The largest absolute Gasteiger partial charge is 0.485 e. The van der Waals surface area contributed by atoms with Crippen LogP contribution in [0.3, 0.4) is 0 Å². The maximum Gasteiger partial charge on any atom is 0.273 e. The molecule has 1 aromatic carbocycles. The van der Waals surface area contributed by atoms with Crippen molar-refractivity contribution in [1.29, 1.82) is 0 Å². The number of non-ortho nitro benzene ring substituents is 1. The number of ether oxygens (including phenoxy) is 2. The summed E-state index contributed by atoms with van der Waals surface area (Å²) < 4.78 is 10.7. The zero-order valence-corrected chi connectivity index (χ0v) is 7.93. The number of benzene rings is 1. The Morgan fingerprint density at radius 1 is 1.27 bits per heavy atom. The van der Waals surface area contributed by atoms with Crippen molar-refractivity contribution in [2.45, 2.75) is 0 Å². The molecule has 0 radical (unpaired) electrons. The van der Waals surface area contributed by atoms with Crippen LogP contribution in [0.25, 0.3) is 0 Å². The van der Waals surface area contributed by atoms with Crippen LogP contribution in [0.5, 0.6) is 11.5 Å². The van der Waals surface area contributed by atoms with Gasteiger partial charge in [0.05, 0.1) is 11.0 Å². The minimum Gasteiger partial charge on any atom is -0.485 e. The zero-order chi connectivity index (χ0) is 10.8. The monoisotopic (exact) mass is 207 g/mol. The van der Waals surface area contributed by atoms with E-state index >= 15 is 0 Å². The fourth-order valence-electron chi connectivity index (χ4n) is 1.24. The van der Waals surface area contributed by atoms with Crippen LogP contribution in [-0.4, -0.2) is 18.1 Å². The lowest BCUT2D eigenvalue weighted by atomic mass is 10.3. The number of fused-ring (bicyclic) bond motifs is 1. The molecule has 5 heteroatoms. The molecule has 1 aliphatic rings. The lowest BCUT2D eigenvalue weighted by Crippen LogP contribution is -2.02. The summed E-state index contributed by atoms with van der Waals surface area (Å²) in [5, 5.41) is 10.5. The highest BCUT2D eigenvalue weighted by atomic mass is 16.6. The molecule has 2 rings (SSSR count). The van der Waals surface area contributed by atoms with E-state index in [2.05, 4.69) is 6.58 Å². The van der Waals surface area contributed by atoms with E-state index in [1.165, 1.54) is 18.2 Å². The molecule has 0 spiro atoms. The first kappa shape index (κ1) is 9.51. The third-order valence-electron chi connectivity index (χ3n) is 2.00. The molecule has 0 aliphatic carbocycles. The number of nitro benzene ring substituents is 1. The smallest absolute Gasteiger partial charge is 0.273 e. The second-order valence-electron chi connectivity index (χ2n) is 3.22. The molecule has 1 aliphatic heterocycles. The molecule has 78 valence electrons. The van der Waals surface area contributed by atoms with E-state index in [-0.39, 0.29) is 5.69 Å². The molecule has 0 unspecified atom stereocenters. The van der Waals surface area contributed by atoms with Crippen molar-refractivity contribution in [2.75, 3.05) is 13.2 Å². The first-order valence-corrected chi connectivity index (χ1v) is 4.37. The summed E-state index contributed by atoms with van der Waals surface area (Å²) in [6, 6.07) is 4.27.